The highest BCUT2D eigenvalue weighted by Gasteiger charge is 2.25. The SMILES string of the molecule is CN=C(NCc1ccc(Br)cc1F)N1CCN(C(=O)c2ccco2)CC1.I. The van der Waals surface area contributed by atoms with Gasteiger partial charge in [0.1, 0.15) is 5.82 Å². The van der Waals surface area contributed by atoms with Gasteiger partial charge in [-0.2, -0.15) is 0 Å². The Balaban J connectivity index is 0.00000261. The number of carbonyl (C=O) groups excluding carboxylic acids is 1. The first kappa shape index (κ1) is 21.7. The highest BCUT2D eigenvalue weighted by Crippen LogP contribution is 2.15. The standard InChI is InChI=1S/C18H20BrFN4O2.HI/c1-21-18(22-12-13-4-5-14(19)11-15(13)20)24-8-6-23(7-9-24)17(25)16-3-2-10-26-16;/h2-5,10-11H,6-9,12H2,1H3,(H,21,22);1H. The van der Waals surface area contributed by atoms with Crippen molar-refractivity contribution in [2.45, 2.75) is 6.54 Å². The quantitative estimate of drug-likeness (QED) is 0.362. The molecule has 0 radical (unpaired) electrons. The van der Waals surface area contributed by atoms with Crippen LogP contribution in [0.15, 0.2) is 50.5 Å². The molecule has 0 unspecified atom stereocenters. The van der Waals surface area contributed by atoms with Crippen LogP contribution in [0.3, 0.4) is 0 Å². The number of halogens is 3. The van der Waals surface area contributed by atoms with E-state index in [4.69, 9.17) is 4.42 Å². The second-order valence-electron chi connectivity index (χ2n) is 5.89. The van der Waals surface area contributed by atoms with Crippen molar-refractivity contribution in [1.82, 2.24) is 15.1 Å². The molecule has 0 saturated carbocycles. The minimum absolute atomic E-state index is 0. The first-order chi connectivity index (χ1) is 12.6. The van der Waals surface area contributed by atoms with Crippen LogP contribution in [0.25, 0.3) is 0 Å². The van der Waals surface area contributed by atoms with E-state index < -0.39 is 0 Å². The molecule has 1 aromatic carbocycles. The van der Waals surface area contributed by atoms with E-state index in [1.165, 1.54) is 12.3 Å². The molecular formula is C18H21BrFIN4O2. The van der Waals surface area contributed by atoms with Crippen molar-refractivity contribution < 1.29 is 13.6 Å². The van der Waals surface area contributed by atoms with Gasteiger partial charge in [0.25, 0.3) is 5.91 Å². The maximum atomic E-state index is 13.9. The molecule has 0 spiro atoms. The summed E-state index contributed by atoms with van der Waals surface area (Å²) in [6.45, 7) is 2.79. The van der Waals surface area contributed by atoms with Crippen molar-refractivity contribution in [3.05, 3.63) is 58.2 Å². The third-order valence-electron chi connectivity index (χ3n) is 4.26. The van der Waals surface area contributed by atoms with E-state index in [9.17, 15) is 9.18 Å². The molecule has 2 heterocycles. The molecule has 146 valence electrons. The summed E-state index contributed by atoms with van der Waals surface area (Å²) in [5, 5.41) is 3.19. The van der Waals surface area contributed by atoms with Crippen LogP contribution in [0, 0.1) is 5.82 Å². The van der Waals surface area contributed by atoms with Crippen LogP contribution in [0.5, 0.6) is 0 Å². The summed E-state index contributed by atoms with van der Waals surface area (Å²) < 4.78 is 19.8. The topological polar surface area (TPSA) is 61.1 Å². The van der Waals surface area contributed by atoms with Gasteiger partial charge >= 0.3 is 0 Å². The Morgan fingerprint density at radius 3 is 2.56 bits per heavy atom. The van der Waals surface area contributed by atoms with Crippen LogP contribution in [0.4, 0.5) is 4.39 Å². The number of rotatable bonds is 3. The fraction of sp³-hybridized carbons (Fsp3) is 0.333. The number of nitrogens with zero attached hydrogens (tertiary/aromatic N) is 3. The van der Waals surface area contributed by atoms with Crippen molar-refractivity contribution in [1.29, 1.82) is 0 Å². The number of piperazine rings is 1. The van der Waals surface area contributed by atoms with Gasteiger partial charge in [-0.1, -0.05) is 22.0 Å². The molecule has 3 rings (SSSR count). The zero-order chi connectivity index (χ0) is 18.5. The highest BCUT2D eigenvalue weighted by molar-refractivity contribution is 14.0. The molecule has 0 aliphatic carbocycles. The van der Waals surface area contributed by atoms with Gasteiger partial charge in [-0.3, -0.25) is 9.79 Å². The predicted molar refractivity (Wildman–Crippen MR) is 116 cm³/mol. The van der Waals surface area contributed by atoms with Crippen LogP contribution in [0.1, 0.15) is 16.1 Å². The lowest BCUT2D eigenvalue weighted by Gasteiger charge is -2.36. The molecule has 1 aliphatic rings. The van der Waals surface area contributed by atoms with Crippen molar-refractivity contribution in [3.63, 3.8) is 0 Å². The van der Waals surface area contributed by atoms with E-state index in [2.05, 4.69) is 31.1 Å². The normalized spacial score (nSPS) is 14.7. The van der Waals surface area contributed by atoms with Crippen LogP contribution < -0.4 is 5.32 Å². The van der Waals surface area contributed by atoms with E-state index in [0.717, 1.165) is 0 Å². The summed E-state index contributed by atoms with van der Waals surface area (Å²) in [5.74, 6) is 0.676. The Labute approximate surface area is 182 Å². The van der Waals surface area contributed by atoms with Gasteiger partial charge in [-0.15, -0.1) is 24.0 Å². The smallest absolute Gasteiger partial charge is 0.289 e. The van der Waals surface area contributed by atoms with Gasteiger partial charge in [0.05, 0.1) is 6.26 Å². The van der Waals surface area contributed by atoms with Gasteiger partial charge < -0.3 is 19.5 Å². The lowest BCUT2D eigenvalue weighted by Crippen LogP contribution is -2.53. The molecule has 1 aliphatic heterocycles. The Kier molecular flexibility index (Phi) is 8.08. The maximum Gasteiger partial charge on any atom is 0.289 e. The van der Waals surface area contributed by atoms with Gasteiger partial charge in [-0.05, 0) is 24.3 Å². The van der Waals surface area contributed by atoms with Crippen LogP contribution in [-0.2, 0) is 6.54 Å². The molecule has 1 aromatic heterocycles. The number of amides is 1. The lowest BCUT2D eigenvalue weighted by molar-refractivity contribution is 0.0657. The van der Waals surface area contributed by atoms with E-state index >= 15 is 0 Å². The van der Waals surface area contributed by atoms with E-state index in [0.29, 0.717) is 54.5 Å². The molecule has 1 fully saturated rings. The van der Waals surface area contributed by atoms with Crippen LogP contribution in [0.2, 0.25) is 0 Å². The number of hydrogen-bond donors (Lipinski definition) is 1. The van der Waals surface area contributed by atoms with Crippen molar-refractivity contribution in [2.75, 3.05) is 33.2 Å². The molecule has 0 atom stereocenters. The molecule has 1 saturated heterocycles. The highest BCUT2D eigenvalue weighted by atomic mass is 127. The number of carbonyl (C=O) groups is 1. The fourth-order valence-corrected chi connectivity index (χ4v) is 3.18. The van der Waals surface area contributed by atoms with Crippen molar-refractivity contribution >= 4 is 51.8 Å². The largest absolute Gasteiger partial charge is 0.459 e. The number of aliphatic imine (C=N–C) groups is 1. The third kappa shape index (κ3) is 5.44. The monoisotopic (exact) mass is 550 g/mol. The minimum Gasteiger partial charge on any atom is -0.459 e. The average molecular weight is 551 g/mol. The van der Waals surface area contributed by atoms with Gasteiger partial charge in [0.15, 0.2) is 11.7 Å². The van der Waals surface area contributed by atoms with Gasteiger partial charge in [0.2, 0.25) is 0 Å². The van der Waals surface area contributed by atoms with E-state index in [1.807, 2.05) is 6.07 Å². The number of benzene rings is 1. The Morgan fingerprint density at radius 2 is 1.96 bits per heavy atom. The van der Waals surface area contributed by atoms with Crippen molar-refractivity contribution in [3.8, 4) is 0 Å². The summed E-state index contributed by atoms with van der Waals surface area (Å²) >= 11 is 3.25. The van der Waals surface area contributed by atoms with Crippen LogP contribution >= 0.6 is 39.9 Å². The molecule has 27 heavy (non-hydrogen) atoms. The second-order valence-corrected chi connectivity index (χ2v) is 6.81. The zero-order valence-corrected chi connectivity index (χ0v) is 18.7. The molecule has 9 heteroatoms. The number of nitrogens with one attached hydrogen (secondary N) is 1. The number of guanidine groups is 1. The third-order valence-corrected chi connectivity index (χ3v) is 4.76. The zero-order valence-electron chi connectivity index (χ0n) is 14.8. The fourth-order valence-electron chi connectivity index (χ4n) is 2.85. The predicted octanol–water partition coefficient (Wildman–Crippen LogP) is 3.33. The molecular weight excluding hydrogens is 530 g/mol. The van der Waals surface area contributed by atoms with E-state index in [1.54, 1.807) is 30.1 Å². The van der Waals surface area contributed by atoms with E-state index in [-0.39, 0.29) is 35.7 Å². The summed E-state index contributed by atoms with van der Waals surface area (Å²) in [6.07, 6.45) is 1.50. The second kappa shape index (κ2) is 10.1. The molecule has 6 nitrogen and oxygen atoms in total. The molecule has 0 bridgehead atoms. The first-order valence-corrected chi connectivity index (χ1v) is 9.10. The Bertz CT molecular complexity index is 793. The summed E-state index contributed by atoms with van der Waals surface area (Å²) in [6, 6.07) is 8.36. The Hall–Kier alpha value is -1.62. The van der Waals surface area contributed by atoms with Gasteiger partial charge in [-0.25, -0.2) is 4.39 Å². The number of furan rings is 1. The molecule has 1 N–H and O–H groups in total. The summed E-state index contributed by atoms with van der Waals surface area (Å²) in [5.41, 5.74) is 0.570. The lowest BCUT2D eigenvalue weighted by atomic mass is 10.2. The maximum absolute atomic E-state index is 13.9. The summed E-state index contributed by atoms with van der Waals surface area (Å²) in [7, 11) is 1.70. The van der Waals surface area contributed by atoms with Gasteiger partial charge in [0, 0.05) is 49.8 Å². The Morgan fingerprint density at radius 1 is 1.26 bits per heavy atom. The molecule has 2 aromatic rings. The molecule has 1 amide bonds. The van der Waals surface area contributed by atoms with Crippen molar-refractivity contribution in [2.24, 2.45) is 4.99 Å². The minimum atomic E-state index is -0.267. The summed E-state index contributed by atoms with van der Waals surface area (Å²) in [4.78, 5) is 20.4. The number of hydrogen-bond acceptors (Lipinski definition) is 3. The van der Waals surface area contributed by atoms with Crippen LogP contribution in [-0.4, -0.2) is 54.9 Å². The first-order valence-electron chi connectivity index (χ1n) is 8.31. The average Bonchev–Trinajstić information content (AvgIpc) is 3.18.